The van der Waals surface area contributed by atoms with Gasteiger partial charge in [0.1, 0.15) is 29.3 Å². The minimum absolute atomic E-state index is 0.00469. The summed E-state index contributed by atoms with van der Waals surface area (Å²) in [5, 5.41) is 5.42. The highest BCUT2D eigenvalue weighted by atomic mass is 16.6. The zero-order valence-electron chi connectivity index (χ0n) is 26.5. The van der Waals surface area contributed by atoms with Gasteiger partial charge in [0, 0.05) is 12.5 Å². The predicted octanol–water partition coefficient (Wildman–Crippen LogP) is 5.16. The van der Waals surface area contributed by atoms with Crippen LogP contribution < -0.4 is 10.6 Å². The fourth-order valence-corrected chi connectivity index (χ4v) is 4.30. The molecule has 9 heteroatoms. The fourth-order valence-electron chi connectivity index (χ4n) is 4.30. The standard InChI is InChI=1S/C34H45N3O6/c1-10-37(30(39)26(21-23(2)3)36-32(41)43-34(7,8)9)28(25-19-15-12-16-20-25)29(38)35-27(31(40)42-33(4,5)6)22-24-17-13-11-14-18-24/h1,11-20,23,26-28H,21-22H2,2-9H3,(H,35,38)(H,36,41). The van der Waals surface area contributed by atoms with Crippen molar-refractivity contribution in [2.24, 2.45) is 5.92 Å². The van der Waals surface area contributed by atoms with E-state index in [-0.39, 0.29) is 18.8 Å². The Morgan fingerprint density at radius 2 is 1.35 bits per heavy atom. The molecule has 0 bridgehead atoms. The van der Waals surface area contributed by atoms with E-state index in [1.807, 2.05) is 44.2 Å². The van der Waals surface area contributed by atoms with Crippen LogP contribution in [-0.4, -0.2) is 52.1 Å². The molecule has 0 heterocycles. The Bertz CT molecular complexity index is 1270. The van der Waals surface area contributed by atoms with Gasteiger partial charge in [-0.15, -0.1) is 0 Å². The van der Waals surface area contributed by atoms with E-state index >= 15 is 0 Å². The van der Waals surface area contributed by atoms with Gasteiger partial charge in [-0.2, -0.15) is 0 Å². The average molecular weight is 592 g/mol. The molecule has 9 nitrogen and oxygen atoms in total. The van der Waals surface area contributed by atoms with E-state index in [0.29, 0.717) is 5.56 Å². The van der Waals surface area contributed by atoms with Gasteiger partial charge < -0.3 is 20.1 Å². The lowest BCUT2D eigenvalue weighted by Gasteiger charge is -2.32. The molecule has 2 N–H and O–H groups in total. The Morgan fingerprint density at radius 3 is 1.84 bits per heavy atom. The molecule has 0 aliphatic heterocycles. The molecule has 2 rings (SSSR count). The SMILES string of the molecule is C#CN(C(=O)C(CC(C)C)NC(=O)OC(C)(C)C)C(C(=O)NC(Cc1ccccc1)C(=O)OC(C)(C)C)c1ccccc1. The number of alkyl carbamates (subject to hydrolysis) is 1. The van der Waals surface area contributed by atoms with Crippen LogP contribution in [0.3, 0.4) is 0 Å². The lowest BCUT2D eigenvalue weighted by molar-refractivity contribution is -0.159. The monoisotopic (exact) mass is 591 g/mol. The molecule has 0 aliphatic rings. The van der Waals surface area contributed by atoms with Gasteiger partial charge in [-0.25, -0.2) is 9.59 Å². The smallest absolute Gasteiger partial charge is 0.408 e. The number of esters is 1. The molecule has 232 valence electrons. The van der Waals surface area contributed by atoms with E-state index in [1.54, 1.807) is 71.9 Å². The molecule has 0 aliphatic carbocycles. The highest BCUT2D eigenvalue weighted by Crippen LogP contribution is 2.24. The van der Waals surface area contributed by atoms with E-state index < -0.39 is 53.2 Å². The maximum Gasteiger partial charge on any atom is 0.408 e. The Balaban J connectivity index is 2.49. The zero-order chi connectivity index (χ0) is 32.4. The van der Waals surface area contributed by atoms with Crippen molar-refractivity contribution in [3.63, 3.8) is 0 Å². The van der Waals surface area contributed by atoms with Crippen LogP contribution in [0.4, 0.5) is 4.79 Å². The summed E-state index contributed by atoms with van der Waals surface area (Å²) >= 11 is 0. The summed E-state index contributed by atoms with van der Waals surface area (Å²) in [4.78, 5) is 54.9. The van der Waals surface area contributed by atoms with Crippen LogP contribution in [0.15, 0.2) is 60.7 Å². The van der Waals surface area contributed by atoms with Gasteiger partial charge in [0.2, 0.25) is 5.91 Å². The van der Waals surface area contributed by atoms with Crippen LogP contribution in [-0.2, 0) is 30.3 Å². The molecule has 3 atom stereocenters. The second-order valence-corrected chi connectivity index (χ2v) is 12.8. The Morgan fingerprint density at radius 1 is 0.814 bits per heavy atom. The largest absolute Gasteiger partial charge is 0.458 e. The summed E-state index contributed by atoms with van der Waals surface area (Å²) in [7, 11) is 0. The van der Waals surface area contributed by atoms with E-state index in [0.717, 1.165) is 10.5 Å². The highest BCUT2D eigenvalue weighted by Gasteiger charge is 2.38. The fraction of sp³-hybridized carbons (Fsp3) is 0.471. The molecule has 0 saturated carbocycles. The maximum atomic E-state index is 14.1. The first-order valence-corrected chi connectivity index (χ1v) is 14.4. The number of carbonyl (C=O) groups is 4. The number of amides is 3. The number of nitrogens with zero attached hydrogens (tertiary/aromatic N) is 1. The maximum absolute atomic E-state index is 14.1. The zero-order valence-corrected chi connectivity index (χ0v) is 26.5. The van der Waals surface area contributed by atoms with Gasteiger partial charge in [0.05, 0.1) is 0 Å². The van der Waals surface area contributed by atoms with Gasteiger partial charge in [0.15, 0.2) is 0 Å². The van der Waals surface area contributed by atoms with E-state index in [4.69, 9.17) is 15.9 Å². The minimum Gasteiger partial charge on any atom is -0.458 e. The van der Waals surface area contributed by atoms with Crippen molar-refractivity contribution in [1.29, 1.82) is 0 Å². The van der Waals surface area contributed by atoms with Crippen LogP contribution in [0.5, 0.6) is 0 Å². The van der Waals surface area contributed by atoms with Crippen LogP contribution in [0.2, 0.25) is 0 Å². The van der Waals surface area contributed by atoms with E-state index in [2.05, 4.69) is 16.7 Å². The summed E-state index contributed by atoms with van der Waals surface area (Å²) in [5.74, 6) is -1.97. The van der Waals surface area contributed by atoms with Crippen molar-refractivity contribution >= 4 is 23.9 Å². The quantitative estimate of drug-likeness (QED) is 0.212. The second-order valence-electron chi connectivity index (χ2n) is 12.8. The summed E-state index contributed by atoms with van der Waals surface area (Å²) in [5.41, 5.74) is -0.357. The minimum atomic E-state index is -1.31. The number of terminal acetylenes is 1. The summed E-state index contributed by atoms with van der Waals surface area (Å²) < 4.78 is 11.0. The molecule has 0 radical (unpaired) electrons. The number of benzene rings is 2. The molecule has 0 spiro atoms. The number of rotatable bonds is 11. The normalized spacial score (nSPS) is 13.6. The highest BCUT2D eigenvalue weighted by molar-refractivity contribution is 5.94. The third-order valence-electron chi connectivity index (χ3n) is 5.98. The van der Waals surface area contributed by atoms with Gasteiger partial charge in [-0.1, -0.05) is 80.9 Å². The van der Waals surface area contributed by atoms with Gasteiger partial charge in [0.25, 0.3) is 5.91 Å². The van der Waals surface area contributed by atoms with Crippen molar-refractivity contribution in [2.75, 3.05) is 0 Å². The first-order valence-electron chi connectivity index (χ1n) is 14.4. The molecule has 3 unspecified atom stereocenters. The van der Waals surface area contributed by atoms with Crippen LogP contribution >= 0.6 is 0 Å². The Labute approximate surface area is 255 Å². The van der Waals surface area contributed by atoms with E-state index in [1.165, 1.54) is 0 Å². The first kappa shape index (κ1) is 34.9. The number of nitrogens with one attached hydrogen (secondary N) is 2. The number of carbonyl (C=O) groups excluding carboxylic acids is 4. The topological polar surface area (TPSA) is 114 Å². The number of hydrogen-bond acceptors (Lipinski definition) is 6. The Hall–Kier alpha value is -4.32. The predicted molar refractivity (Wildman–Crippen MR) is 165 cm³/mol. The van der Waals surface area contributed by atoms with Gasteiger partial charge in [-0.3, -0.25) is 14.5 Å². The van der Waals surface area contributed by atoms with Crippen molar-refractivity contribution in [3.8, 4) is 12.5 Å². The third-order valence-corrected chi connectivity index (χ3v) is 5.98. The molecular formula is C34H45N3O6. The third kappa shape index (κ3) is 11.8. The second kappa shape index (κ2) is 15.2. The molecule has 2 aromatic carbocycles. The lowest BCUT2D eigenvalue weighted by Crippen LogP contribution is -2.54. The molecule has 0 fully saturated rings. The van der Waals surface area contributed by atoms with Crippen LogP contribution in [0, 0.1) is 18.4 Å². The molecule has 3 amide bonds. The van der Waals surface area contributed by atoms with Crippen LogP contribution in [0.1, 0.15) is 79.0 Å². The van der Waals surface area contributed by atoms with Crippen molar-refractivity contribution in [1.82, 2.24) is 15.5 Å². The molecular weight excluding hydrogens is 546 g/mol. The molecule has 0 aromatic heterocycles. The van der Waals surface area contributed by atoms with Crippen molar-refractivity contribution in [2.45, 2.75) is 97.6 Å². The van der Waals surface area contributed by atoms with Crippen molar-refractivity contribution in [3.05, 3.63) is 71.8 Å². The van der Waals surface area contributed by atoms with Crippen LogP contribution in [0.25, 0.3) is 0 Å². The number of hydrogen-bond donors (Lipinski definition) is 2. The summed E-state index contributed by atoms with van der Waals surface area (Å²) in [6.45, 7) is 14.2. The van der Waals surface area contributed by atoms with E-state index in [9.17, 15) is 19.2 Å². The van der Waals surface area contributed by atoms with Gasteiger partial charge >= 0.3 is 12.1 Å². The summed E-state index contributed by atoms with van der Waals surface area (Å²) in [6.07, 6.45) is 5.51. The molecule has 0 saturated heterocycles. The molecule has 43 heavy (non-hydrogen) atoms. The molecule has 2 aromatic rings. The number of ether oxygens (including phenoxy) is 2. The first-order chi connectivity index (χ1) is 20.0. The lowest BCUT2D eigenvalue weighted by atomic mass is 9.99. The summed E-state index contributed by atoms with van der Waals surface area (Å²) in [6, 6.07) is 16.7. The van der Waals surface area contributed by atoms with Gasteiger partial charge in [-0.05, 0) is 65.0 Å². The van der Waals surface area contributed by atoms with Crippen molar-refractivity contribution < 1.29 is 28.7 Å². The average Bonchev–Trinajstić information content (AvgIpc) is 2.89. The Kier molecular flexibility index (Phi) is 12.4.